The molecule has 2 saturated heterocycles. The lowest BCUT2D eigenvalue weighted by molar-refractivity contribution is -0.141. The number of urea groups is 1. The highest BCUT2D eigenvalue weighted by atomic mass is 32.2. The maximum Gasteiger partial charge on any atom is 0.327 e. The number of carbonyl (C=O) groups is 2. The summed E-state index contributed by atoms with van der Waals surface area (Å²) in [5, 5.41) is 9.23. The van der Waals surface area contributed by atoms with Gasteiger partial charge in [0.15, 0.2) is 0 Å². The van der Waals surface area contributed by atoms with Crippen LogP contribution in [0.4, 0.5) is 4.79 Å². The number of amides is 2. The Morgan fingerprint density at radius 1 is 1.00 bits per heavy atom. The van der Waals surface area contributed by atoms with Gasteiger partial charge in [-0.1, -0.05) is 19.3 Å². The van der Waals surface area contributed by atoms with Crippen LogP contribution in [-0.2, 0) is 4.79 Å². The van der Waals surface area contributed by atoms with Crippen LogP contribution in [0.2, 0.25) is 0 Å². The lowest BCUT2D eigenvalue weighted by Gasteiger charge is -2.37. The third-order valence-corrected chi connectivity index (χ3v) is 4.81. The standard InChI is InChI=1S/C13H22N2O3S/c16-12(17)11-10-19-9-8-15(11)13(18)14-6-4-2-1-3-5-7-14/h11H,1-10H2,(H,16,17). The zero-order valence-electron chi connectivity index (χ0n) is 11.2. The van der Waals surface area contributed by atoms with Crippen LogP contribution in [0.15, 0.2) is 0 Å². The number of carboxylic acids is 1. The van der Waals surface area contributed by atoms with E-state index in [9.17, 15) is 14.7 Å². The van der Waals surface area contributed by atoms with Crippen LogP contribution in [0.3, 0.4) is 0 Å². The van der Waals surface area contributed by atoms with Gasteiger partial charge in [0.2, 0.25) is 0 Å². The number of carboxylic acid groups (broad SMARTS) is 1. The minimum absolute atomic E-state index is 0.0744. The van der Waals surface area contributed by atoms with E-state index in [1.807, 2.05) is 4.90 Å². The number of thioether (sulfide) groups is 1. The maximum atomic E-state index is 12.5. The van der Waals surface area contributed by atoms with Gasteiger partial charge in [0.25, 0.3) is 0 Å². The van der Waals surface area contributed by atoms with Crippen LogP contribution < -0.4 is 0 Å². The van der Waals surface area contributed by atoms with E-state index in [1.165, 1.54) is 19.3 Å². The van der Waals surface area contributed by atoms with Crippen molar-refractivity contribution in [2.24, 2.45) is 0 Å². The van der Waals surface area contributed by atoms with Gasteiger partial charge in [-0.2, -0.15) is 11.8 Å². The number of rotatable bonds is 1. The van der Waals surface area contributed by atoms with E-state index in [0.717, 1.165) is 31.7 Å². The Labute approximate surface area is 118 Å². The summed E-state index contributed by atoms with van der Waals surface area (Å²) in [5.41, 5.74) is 0. The average Bonchev–Trinajstić information content (AvgIpc) is 2.37. The van der Waals surface area contributed by atoms with Crippen molar-refractivity contribution < 1.29 is 14.7 Å². The van der Waals surface area contributed by atoms with Crippen molar-refractivity contribution in [3.8, 4) is 0 Å². The number of likely N-dealkylation sites (tertiary alicyclic amines) is 1. The number of aliphatic carboxylic acids is 1. The molecule has 108 valence electrons. The predicted molar refractivity (Wildman–Crippen MR) is 75.5 cm³/mol. The molecule has 0 aliphatic carbocycles. The van der Waals surface area contributed by atoms with Crippen molar-refractivity contribution in [2.45, 2.75) is 38.1 Å². The van der Waals surface area contributed by atoms with Gasteiger partial charge in [-0.3, -0.25) is 0 Å². The van der Waals surface area contributed by atoms with Gasteiger partial charge >= 0.3 is 12.0 Å². The Kier molecular flexibility index (Phi) is 5.36. The van der Waals surface area contributed by atoms with Crippen molar-refractivity contribution >= 4 is 23.8 Å². The monoisotopic (exact) mass is 286 g/mol. The van der Waals surface area contributed by atoms with Crippen LogP contribution in [-0.4, -0.2) is 64.1 Å². The molecule has 2 rings (SSSR count). The summed E-state index contributed by atoms with van der Waals surface area (Å²) >= 11 is 1.61. The first-order chi connectivity index (χ1) is 9.20. The summed E-state index contributed by atoms with van der Waals surface area (Å²) in [6.07, 6.45) is 5.66. The SMILES string of the molecule is O=C(O)C1CSCCN1C(=O)N1CCCCCCC1. The fraction of sp³-hybridized carbons (Fsp3) is 0.846. The van der Waals surface area contributed by atoms with Gasteiger partial charge in [0, 0.05) is 31.1 Å². The second-order valence-electron chi connectivity index (χ2n) is 5.16. The Morgan fingerprint density at radius 3 is 2.26 bits per heavy atom. The van der Waals surface area contributed by atoms with Crippen molar-refractivity contribution in [1.29, 1.82) is 0 Å². The molecule has 2 fully saturated rings. The van der Waals surface area contributed by atoms with E-state index < -0.39 is 12.0 Å². The Morgan fingerprint density at radius 2 is 1.63 bits per heavy atom. The van der Waals surface area contributed by atoms with Crippen LogP contribution >= 0.6 is 11.8 Å². The lowest BCUT2D eigenvalue weighted by atomic mass is 10.1. The van der Waals surface area contributed by atoms with E-state index in [4.69, 9.17) is 0 Å². The Bertz CT molecular complexity index is 330. The summed E-state index contributed by atoms with van der Waals surface area (Å²) in [6, 6.07) is -0.730. The zero-order valence-corrected chi connectivity index (χ0v) is 12.0. The molecule has 1 N–H and O–H groups in total. The second-order valence-corrected chi connectivity index (χ2v) is 6.31. The Hall–Kier alpha value is -0.910. The van der Waals surface area contributed by atoms with Crippen molar-refractivity contribution in [3.63, 3.8) is 0 Å². The highest BCUT2D eigenvalue weighted by Gasteiger charge is 2.34. The molecule has 19 heavy (non-hydrogen) atoms. The molecule has 0 aromatic carbocycles. The van der Waals surface area contributed by atoms with Crippen LogP contribution in [0, 0.1) is 0 Å². The van der Waals surface area contributed by atoms with Gasteiger partial charge in [-0.15, -0.1) is 0 Å². The first-order valence-electron chi connectivity index (χ1n) is 7.06. The van der Waals surface area contributed by atoms with Gasteiger partial charge in [-0.05, 0) is 12.8 Å². The van der Waals surface area contributed by atoms with Crippen LogP contribution in [0.1, 0.15) is 32.1 Å². The third kappa shape index (κ3) is 3.78. The number of hydrogen-bond donors (Lipinski definition) is 1. The summed E-state index contributed by atoms with van der Waals surface area (Å²) < 4.78 is 0. The number of hydrogen-bond acceptors (Lipinski definition) is 3. The number of nitrogens with zero attached hydrogens (tertiary/aromatic N) is 2. The quantitative estimate of drug-likeness (QED) is 0.799. The van der Waals surface area contributed by atoms with Gasteiger partial charge in [0.05, 0.1) is 0 Å². The molecule has 1 unspecified atom stereocenters. The van der Waals surface area contributed by atoms with E-state index in [0.29, 0.717) is 12.3 Å². The molecule has 2 aliphatic heterocycles. The summed E-state index contributed by atoms with van der Waals surface area (Å²) in [7, 11) is 0. The van der Waals surface area contributed by atoms with E-state index in [-0.39, 0.29) is 6.03 Å². The predicted octanol–water partition coefficient (Wildman–Crippen LogP) is 1.87. The molecular weight excluding hydrogens is 264 g/mol. The molecule has 0 bridgehead atoms. The molecule has 6 heteroatoms. The molecule has 1 atom stereocenters. The zero-order chi connectivity index (χ0) is 13.7. The third-order valence-electron chi connectivity index (χ3n) is 3.79. The van der Waals surface area contributed by atoms with E-state index in [2.05, 4.69) is 0 Å². The van der Waals surface area contributed by atoms with Crippen molar-refractivity contribution in [1.82, 2.24) is 9.80 Å². The molecular formula is C13H22N2O3S. The molecule has 0 aromatic heterocycles. The first-order valence-corrected chi connectivity index (χ1v) is 8.21. The van der Waals surface area contributed by atoms with E-state index >= 15 is 0 Å². The summed E-state index contributed by atoms with van der Waals surface area (Å²) in [5.74, 6) is 0.464. The Balaban J connectivity index is 2.00. The van der Waals surface area contributed by atoms with E-state index in [1.54, 1.807) is 16.7 Å². The van der Waals surface area contributed by atoms with Gasteiger partial charge < -0.3 is 14.9 Å². The summed E-state index contributed by atoms with van der Waals surface area (Å²) in [4.78, 5) is 27.2. The summed E-state index contributed by atoms with van der Waals surface area (Å²) in [6.45, 7) is 2.10. The molecule has 0 spiro atoms. The average molecular weight is 286 g/mol. The second kappa shape index (κ2) is 7.03. The molecule has 0 radical (unpaired) electrons. The largest absolute Gasteiger partial charge is 0.480 e. The number of carbonyl (C=O) groups excluding carboxylic acids is 1. The highest BCUT2D eigenvalue weighted by molar-refractivity contribution is 7.99. The minimum atomic E-state index is -0.882. The fourth-order valence-electron chi connectivity index (χ4n) is 2.66. The van der Waals surface area contributed by atoms with Crippen molar-refractivity contribution in [3.05, 3.63) is 0 Å². The molecule has 0 aromatic rings. The molecule has 2 heterocycles. The highest BCUT2D eigenvalue weighted by Crippen LogP contribution is 2.20. The van der Waals surface area contributed by atoms with Crippen molar-refractivity contribution in [2.75, 3.05) is 31.1 Å². The van der Waals surface area contributed by atoms with Crippen LogP contribution in [0.25, 0.3) is 0 Å². The molecule has 2 aliphatic rings. The molecule has 0 saturated carbocycles. The topological polar surface area (TPSA) is 60.9 Å². The normalized spacial score (nSPS) is 25.6. The maximum absolute atomic E-state index is 12.5. The lowest BCUT2D eigenvalue weighted by Crippen LogP contribution is -2.55. The minimum Gasteiger partial charge on any atom is -0.480 e. The van der Waals surface area contributed by atoms with Crippen LogP contribution in [0.5, 0.6) is 0 Å². The van der Waals surface area contributed by atoms with Gasteiger partial charge in [-0.25, -0.2) is 9.59 Å². The smallest absolute Gasteiger partial charge is 0.327 e. The first kappa shape index (κ1) is 14.5. The molecule has 5 nitrogen and oxygen atoms in total. The fourth-order valence-corrected chi connectivity index (χ4v) is 3.70. The van der Waals surface area contributed by atoms with Gasteiger partial charge in [0.1, 0.15) is 6.04 Å². The molecule has 2 amide bonds.